The Balaban J connectivity index is 1.58. The third-order valence-corrected chi connectivity index (χ3v) is 5.08. The number of nitrogens with zero attached hydrogens (tertiary/aromatic N) is 2. The Morgan fingerprint density at radius 3 is 2.73 bits per heavy atom. The number of ether oxygens (including phenoxy) is 1. The van der Waals surface area contributed by atoms with Crippen LogP contribution in [0.4, 0.5) is 14.9 Å². The van der Waals surface area contributed by atoms with Crippen molar-refractivity contribution in [2.75, 3.05) is 11.5 Å². The molecule has 1 amide bonds. The number of carbonyl (C=O) groups is 1. The number of carbonyl (C=O) groups excluding carboxylic acids is 1. The molecule has 0 saturated carbocycles. The first-order valence-corrected chi connectivity index (χ1v) is 9.73. The second-order valence-corrected chi connectivity index (χ2v) is 7.00. The Bertz CT molecular complexity index is 1100. The van der Waals surface area contributed by atoms with Gasteiger partial charge < -0.3 is 10.1 Å². The maximum Gasteiger partial charge on any atom is 0.415 e. The van der Waals surface area contributed by atoms with Crippen molar-refractivity contribution in [3.05, 3.63) is 102 Å². The number of hydrogen-bond acceptors (Lipinski definition) is 4. The predicted molar refractivity (Wildman–Crippen MR) is 118 cm³/mol. The molecular formula is C23H18FN3O2S. The smallest absolute Gasteiger partial charge is 0.415 e. The van der Waals surface area contributed by atoms with Gasteiger partial charge in [-0.15, -0.1) is 0 Å². The van der Waals surface area contributed by atoms with Gasteiger partial charge in [0.1, 0.15) is 17.4 Å². The second kappa shape index (κ2) is 8.84. The quantitative estimate of drug-likeness (QED) is 0.599. The number of nitrogens with one attached hydrogen (secondary N) is 1. The summed E-state index contributed by atoms with van der Waals surface area (Å²) in [5.41, 5.74) is 2.65. The van der Waals surface area contributed by atoms with Crippen LogP contribution in [0.1, 0.15) is 22.7 Å². The zero-order valence-electron chi connectivity index (χ0n) is 15.9. The van der Waals surface area contributed by atoms with E-state index in [9.17, 15) is 9.18 Å². The van der Waals surface area contributed by atoms with Gasteiger partial charge in [-0.25, -0.2) is 9.18 Å². The fourth-order valence-electron chi connectivity index (χ4n) is 3.29. The Labute approximate surface area is 178 Å². The van der Waals surface area contributed by atoms with Crippen molar-refractivity contribution in [3.8, 4) is 0 Å². The molecule has 0 spiro atoms. The van der Waals surface area contributed by atoms with E-state index in [4.69, 9.17) is 17.0 Å². The Morgan fingerprint density at radius 2 is 1.93 bits per heavy atom. The molecule has 1 aliphatic rings. The highest BCUT2D eigenvalue weighted by atomic mass is 32.1. The second-order valence-electron chi connectivity index (χ2n) is 6.59. The van der Waals surface area contributed by atoms with Gasteiger partial charge in [0.25, 0.3) is 0 Å². The minimum absolute atomic E-state index is 0.235. The Kier molecular flexibility index (Phi) is 5.81. The highest BCUT2D eigenvalue weighted by Gasteiger charge is 2.36. The summed E-state index contributed by atoms with van der Waals surface area (Å²) in [4.78, 5) is 18.5. The summed E-state index contributed by atoms with van der Waals surface area (Å²) in [6, 6.07) is 17.5. The highest BCUT2D eigenvalue weighted by molar-refractivity contribution is 7.80. The van der Waals surface area contributed by atoms with E-state index < -0.39 is 11.9 Å². The molecule has 1 aliphatic heterocycles. The number of aromatic nitrogens is 1. The molecule has 0 radical (unpaired) electrons. The van der Waals surface area contributed by atoms with Crippen LogP contribution in [0.2, 0.25) is 0 Å². The van der Waals surface area contributed by atoms with Crippen molar-refractivity contribution in [3.63, 3.8) is 0 Å². The lowest BCUT2D eigenvalue weighted by atomic mass is 10.1. The van der Waals surface area contributed by atoms with E-state index >= 15 is 0 Å². The zero-order valence-corrected chi connectivity index (χ0v) is 16.7. The topological polar surface area (TPSA) is 54.5 Å². The first-order valence-electron chi connectivity index (χ1n) is 9.32. The first kappa shape index (κ1) is 19.7. The van der Waals surface area contributed by atoms with Gasteiger partial charge in [-0.3, -0.25) is 9.88 Å². The van der Waals surface area contributed by atoms with E-state index in [1.54, 1.807) is 53.8 Å². The van der Waals surface area contributed by atoms with Crippen LogP contribution in [-0.2, 0) is 4.74 Å². The molecule has 4 rings (SSSR count). The summed E-state index contributed by atoms with van der Waals surface area (Å²) in [7, 11) is 0. The van der Waals surface area contributed by atoms with Gasteiger partial charge in [-0.2, -0.15) is 0 Å². The maximum absolute atomic E-state index is 13.9. The van der Waals surface area contributed by atoms with Gasteiger partial charge in [0, 0.05) is 29.7 Å². The molecule has 3 aromatic rings. The molecule has 0 unspecified atom stereocenters. The molecule has 2 aromatic carbocycles. The molecule has 1 aromatic heterocycles. The van der Waals surface area contributed by atoms with Gasteiger partial charge >= 0.3 is 6.09 Å². The largest absolute Gasteiger partial charge is 0.447 e. The number of benzene rings is 2. The lowest BCUT2D eigenvalue weighted by Gasteiger charge is -2.23. The predicted octanol–water partition coefficient (Wildman–Crippen LogP) is 4.85. The fraction of sp³-hybridized carbons (Fsp3) is 0.0870. The van der Waals surface area contributed by atoms with Crippen LogP contribution < -0.4 is 10.2 Å². The first-order chi connectivity index (χ1) is 14.6. The van der Waals surface area contributed by atoms with E-state index in [0.717, 1.165) is 5.56 Å². The zero-order chi connectivity index (χ0) is 20.9. The van der Waals surface area contributed by atoms with Gasteiger partial charge in [0.15, 0.2) is 0 Å². The number of amides is 1. The average Bonchev–Trinajstić information content (AvgIpc) is 3.16. The normalized spacial score (nSPS) is 16.0. The van der Waals surface area contributed by atoms with Crippen molar-refractivity contribution in [1.29, 1.82) is 0 Å². The monoisotopic (exact) mass is 419 g/mol. The van der Waals surface area contributed by atoms with Gasteiger partial charge in [0.05, 0.1) is 11.7 Å². The SMILES string of the molecule is O=C1OC[C@@H](c2ccccc2)N1c1ccncc1/C=C/NC(=S)c1ccccc1F. The highest BCUT2D eigenvalue weighted by Crippen LogP contribution is 2.35. The summed E-state index contributed by atoms with van der Waals surface area (Å²) in [5, 5.41) is 2.91. The minimum Gasteiger partial charge on any atom is -0.447 e. The number of rotatable bonds is 5. The average molecular weight is 419 g/mol. The fourth-order valence-corrected chi connectivity index (χ4v) is 3.52. The Morgan fingerprint density at radius 1 is 1.17 bits per heavy atom. The maximum atomic E-state index is 13.9. The van der Waals surface area contributed by atoms with Crippen molar-refractivity contribution in [2.45, 2.75) is 6.04 Å². The standard InChI is InChI=1S/C23H18FN3O2S/c24-19-9-5-4-8-18(19)22(30)26-13-10-17-14-25-12-11-20(17)27-21(15-29-23(27)28)16-6-2-1-3-7-16/h1-14,21H,15H2,(H,26,30)/b13-10+/t21-/m0/s1. The van der Waals surface area contributed by atoms with Crippen molar-refractivity contribution in [1.82, 2.24) is 10.3 Å². The number of halogens is 1. The number of thiocarbonyl (C=S) groups is 1. The van der Waals surface area contributed by atoms with Crippen LogP contribution in [0, 0.1) is 5.82 Å². The summed E-state index contributed by atoms with van der Waals surface area (Å²) < 4.78 is 19.2. The van der Waals surface area contributed by atoms with Gasteiger partial charge in [-0.1, -0.05) is 54.7 Å². The number of cyclic esters (lactones) is 1. The number of anilines is 1. The van der Waals surface area contributed by atoms with Crippen molar-refractivity contribution < 1.29 is 13.9 Å². The third-order valence-electron chi connectivity index (χ3n) is 4.74. The Hall–Kier alpha value is -3.58. The van der Waals surface area contributed by atoms with E-state index in [2.05, 4.69) is 10.3 Å². The molecule has 5 nitrogen and oxygen atoms in total. The summed E-state index contributed by atoms with van der Waals surface area (Å²) in [6.45, 7) is 0.268. The molecule has 1 fully saturated rings. The summed E-state index contributed by atoms with van der Waals surface area (Å²) in [5.74, 6) is -0.393. The third kappa shape index (κ3) is 4.06. The molecule has 1 atom stereocenters. The molecule has 0 bridgehead atoms. The molecule has 1 saturated heterocycles. The molecule has 1 N–H and O–H groups in total. The van der Waals surface area contributed by atoms with Crippen LogP contribution in [0.5, 0.6) is 0 Å². The van der Waals surface area contributed by atoms with Crippen molar-refractivity contribution >= 4 is 35.1 Å². The number of pyridine rings is 1. The lowest BCUT2D eigenvalue weighted by molar-refractivity contribution is 0.179. The van der Waals surface area contributed by atoms with Crippen molar-refractivity contribution in [2.24, 2.45) is 0 Å². The molecule has 7 heteroatoms. The van der Waals surface area contributed by atoms with E-state index in [1.165, 1.54) is 6.07 Å². The van der Waals surface area contributed by atoms with Crippen LogP contribution in [0.15, 0.2) is 79.3 Å². The molecule has 0 aliphatic carbocycles. The van der Waals surface area contributed by atoms with Crippen LogP contribution in [0.25, 0.3) is 6.08 Å². The molecule has 150 valence electrons. The molecule has 2 heterocycles. The number of hydrogen-bond donors (Lipinski definition) is 1. The van der Waals surface area contributed by atoms with Gasteiger partial charge in [-0.05, 0) is 29.8 Å². The van der Waals surface area contributed by atoms with Crippen LogP contribution in [-0.4, -0.2) is 22.7 Å². The van der Waals surface area contributed by atoms with E-state index in [-0.39, 0.29) is 17.6 Å². The summed E-state index contributed by atoms with van der Waals surface area (Å²) in [6.07, 6.45) is 6.20. The van der Waals surface area contributed by atoms with E-state index in [1.807, 2.05) is 30.3 Å². The van der Waals surface area contributed by atoms with E-state index in [0.29, 0.717) is 16.8 Å². The summed E-state index contributed by atoms with van der Waals surface area (Å²) >= 11 is 5.26. The molecule has 30 heavy (non-hydrogen) atoms. The lowest BCUT2D eigenvalue weighted by Crippen LogP contribution is -2.28. The van der Waals surface area contributed by atoms with Crippen LogP contribution >= 0.6 is 12.2 Å². The minimum atomic E-state index is -0.417. The molecular weight excluding hydrogens is 401 g/mol. The van der Waals surface area contributed by atoms with Crippen LogP contribution in [0.3, 0.4) is 0 Å². The van der Waals surface area contributed by atoms with Gasteiger partial charge in [0.2, 0.25) is 0 Å².